The Hall–Kier alpha value is -3.81. The summed E-state index contributed by atoms with van der Waals surface area (Å²) in [5.74, 6) is 0.419. The number of aliphatic hydroxyl groups excluding tert-OH is 4. The van der Waals surface area contributed by atoms with Crippen LogP contribution in [0, 0.1) is 0 Å². The van der Waals surface area contributed by atoms with Crippen LogP contribution in [-0.2, 0) is 11.2 Å². The van der Waals surface area contributed by atoms with Gasteiger partial charge in [0.1, 0.15) is 41.3 Å². The van der Waals surface area contributed by atoms with Gasteiger partial charge in [-0.2, -0.15) is 0 Å². The van der Waals surface area contributed by atoms with E-state index in [-0.39, 0.29) is 45.4 Å². The molecule has 3 heterocycles. The van der Waals surface area contributed by atoms with E-state index in [2.05, 4.69) is 0 Å². The van der Waals surface area contributed by atoms with Crippen molar-refractivity contribution in [2.75, 3.05) is 20.8 Å². The molecule has 12 nitrogen and oxygen atoms in total. The number of ether oxygens (including phenoxy) is 4. The zero-order chi connectivity index (χ0) is 28.0. The van der Waals surface area contributed by atoms with Crippen molar-refractivity contribution in [2.24, 2.45) is 0 Å². The van der Waals surface area contributed by atoms with Gasteiger partial charge in [0.15, 0.2) is 28.4 Å². The first kappa shape index (κ1) is 26.8. The Balaban J connectivity index is 1.81. The number of hydrogen-bond acceptors (Lipinski definition) is 12. The molecule has 1 aliphatic rings. The lowest BCUT2D eigenvalue weighted by Crippen LogP contribution is -2.60. The van der Waals surface area contributed by atoms with Gasteiger partial charge < -0.3 is 53.3 Å². The Morgan fingerprint density at radius 2 is 1.54 bits per heavy atom. The highest BCUT2D eigenvalue weighted by Gasteiger charge is 2.45. The van der Waals surface area contributed by atoms with Crippen LogP contribution in [0.3, 0.4) is 0 Å². The smallest absolute Gasteiger partial charge is 0.229 e. The van der Waals surface area contributed by atoms with Crippen LogP contribution in [0.4, 0.5) is 0 Å². The van der Waals surface area contributed by atoms with E-state index in [0.29, 0.717) is 28.5 Å². The molecule has 12 heteroatoms. The highest BCUT2D eigenvalue weighted by molar-refractivity contribution is 6.09. The first-order chi connectivity index (χ1) is 18.7. The van der Waals surface area contributed by atoms with E-state index >= 15 is 0 Å². The van der Waals surface area contributed by atoms with E-state index in [4.69, 9.17) is 27.8 Å². The van der Waals surface area contributed by atoms with Gasteiger partial charge >= 0.3 is 0 Å². The van der Waals surface area contributed by atoms with Crippen LogP contribution in [0.15, 0.2) is 44.0 Å². The van der Waals surface area contributed by atoms with Gasteiger partial charge in [0, 0.05) is 29.5 Å². The van der Waals surface area contributed by atoms with Gasteiger partial charge in [-0.3, -0.25) is 4.79 Å². The first-order valence-electron chi connectivity index (χ1n) is 12.2. The van der Waals surface area contributed by atoms with Crippen LogP contribution >= 0.6 is 0 Å². The minimum absolute atomic E-state index is 0.0239. The van der Waals surface area contributed by atoms with E-state index in [1.165, 1.54) is 38.5 Å². The summed E-state index contributed by atoms with van der Waals surface area (Å²) in [5.41, 5.74) is 0.344. The summed E-state index contributed by atoms with van der Waals surface area (Å²) in [7, 11) is 2.71. The van der Waals surface area contributed by atoms with Crippen LogP contribution in [0.2, 0.25) is 0 Å². The number of methoxy groups -OCH3 is 2. The van der Waals surface area contributed by atoms with Gasteiger partial charge in [-0.05, 0) is 18.2 Å². The van der Waals surface area contributed by atoms with Crippen LogP contribution in [-0.4, -0.2) is 77.1 Å². The maximum atomic E-state index is 12.5. The molecule has 1 aliphatic heterocycles. The minimum Gasteiger partial charge on any atom is -0.502 e. The van der Waals surface area contributed by atoms with Crippen LogP contribution in [0.25, 0.3) is 33.3 Å². The fourth-order valence-corrected chi connectivity index (χ4v) is 4.64. The predicted molar refractivity (Wildman–Crippen MR) is 136 cm³/mol. The van der Waals surface area contributed by atoms with Crippen molar-refractivity contribution in [3.63, 3.8) is 0 Å². The normalized spacial score (nSPS) is 23.3. The van der Waals surface area contributed by atoms with Crippen molar-refractivity contribution in [1.82, 2.24) is 0 Å². The first-order valence-corrected chi connectivity index (χ1v) is 12.2. The SMILES string of the molecule is CCc1cc2c(O[C@@H]3O[C@H](CO)[C@@H](O)[C@H](O)[C@H]3O)c(-c3cc(OC)c(O)c(OC)c3)oc3cc(=O)cc(o1)c32. The molecule has 5 N–H and O–H groups in total. The largest absolute Gasteiger partial charge is 0.502 e. The van der Waals surface area contributed by atoms with E-state index in [1.807, 2.05) is 6.92 Å². The van der Waals surface area contributed by atoms with E-state index in [1.54, 1.807) is 6.07 Å². The average Bonchev–Trinajstić information content (AvgIpc) is 2.93. The summed E-state index contributed by atoms with van der Waals surface area (Å²) in [6.07, 6.45) is -7.28. The van der Waals surface area contributed by atoms with Crippen molar-refractivity contribution in [3.05, 3.63) is 46.3 Å². The number of benzene rings is 2. The number of phenols is 1. The van der Waals surface area contributed by atoms with Crippen molar-refractivity contribution in [2.45, 2.75) is 44.1 Å². The van der Waals surface area contributed by atoms with Gasteiger partial charge in [-0.1, -0.05) is 6.92 Å². The summed E-state index contributed by atoms with van der Waals surface area (Å²) in [6.45, 7) is 1.21. The molecule has 0 amide bonds. The second kappa shape index (κ2) is 10.4. The lowest BCUT2D eigenvalue weighted by atomic mass is 9.99. The quantitative estimate of drug-likeness (QED) is 0.227. The van der Waals surface area contributed by atoms with Crippen LogP contribution < -0.4 is 19.6 Å². The predicted octanol–water partition coefficient (Wildman–Crippen LogP) is 1.67. The fourth-order valence-electron chi connectivity index (χ4n) is 4.64. The molecule has 0 aliphatic carbocycles. The second-order valence-corrected chi connectivity index (χ2v) is 9.08. The second-order valence-electron chi connectivity index (χ2n) is 9.08. The molecule has 0 unspecified atom stereocenters. The highest BCUT2D eigenvalue weighted by Crippen LogP contribution is 2.47. The summed E-state index contributed by atoms with van der Waals surface area (Å²) >= 11 is 0. The average molecular weight is 545 g/mol. The maximum Gasteiger partial charge on any atom is 0.229 e. The number of aliphatic hydroxyl groups is 4. The van der Waals surface area contributed by atoms with Crippen molar-refractivity contribution >= 4 is 21.9 Å². The lowest BCUT2D eigenvalue weighted by Gasteiger charge is -2.39. The van der Waals surface area contributed by atoms with Crippen LogP contribution in [0.1, 0.15) is 12.7 Å². The third-order valence-corrected chi connectivity index (χ3v) is 6.69. The molecule has 4 aromatic rings. The van der Waals surface area contributed by atoms with Crippen molar-refractivity contribution in [3.8, 4) is 34.3 Å². The molecule has 1 saturated heterocycles. The minimum atomic E-state index is -1.71. The molecule has 0 saturated carbocycles. The summed E-state index contributed by atoms with van der Waals surface area (Å²) in [6, 6.07) is 7.20. The molecule has 2 aromatic heterocycles. The molecule has 0 spiro atoms. The Morgan fingerprint density at radius 3 is 2.13 bits per heavy atom. The lowest BCUT2D eigenvalue weighted by molar-refractivity contribution is -0.277. The van der Waals surface area contributed by atoms with Crippen molar-refractivity contribution < 1.29 is 53.3 Å². The fraction of sp³-hybridized carbons (Fsp3) is 0.370. The molecule has 2 aromatic carbocycles. The number of rotatable bonds is 7. The van der Waals surface area contributed by atoms with Gasteiger partial charge in [0.05, 0.1) is 26.2 Å². The van der Waals surface area contributed by atoms with Gasteiger partial charge in [-0.15, -0.1) is 0 Å². The molecule has 5 rings (SSSR count). The zero-order valence-electron chi connectivity index (χ0n) is 21.3. The third kappa shape index (κ3) is 4.56. The maximum absolute atomic E-state index is 12.5. The molecule has 39 heavy (non-hydrogen) atoms. The summed E-state index contributed by atoms with van der Waals surface area (Å²) in [4.78, 5) is 12.5. The Labute approximate surface area is 221 Å². The van der Waals surface area contributed by atoms with E-state index in [0.717, 1.165) is 0 Å². The summed E-state index contributed by atoms with van der Waals surface area (Å²) in [5, 5.41) is 52.2. The molecule has 0 bridgehead atoms. The Bertz CT molecular complexity index is 1540. The molecular formula is C27H28O12. The Kier molecular flexibility index (Phi) is 7.14. The number of aryl methyl sites for hydroxylation is 1. The van der Waals surface area contributed by atoms with Gasteiger partial charge in [0.2, 0.25) is 12.0 Å². The molecule has 5 atom stereocenters. The number of aromatic hydroxyl groups is 1. The summed E-state index contributed by atoms with van der Waals surface area (Å²) < 4.78 is 34.4. The molecule has 1 fully saturated rings. The number of phenolic OH excluding ortho intramolecular Hbond substituents is 1. The monoisotopic (exact) mass is 544 g/mol. The van der Waals surface area contributed by atoms with E-state index < -0.39 is 37.3 Å². The topological polar surface area (TPSA) is 181 Å². The van der Waals surface area contributed by atoms with E-state index in [9.17, 15) is 30.3 Å². The molecule has 208 valence electrons. The standard InChI is InChI=1S/C27H28O12/c1-4-13-9-14-20-15(36-13)7-12(29)8-16(20)37-25(11-5-17(34-2)21(30)18(6-11)35-3)26(14)39-27-24(33)23(32)22(31)19(10-28)38-27/h5-9,19,22-24,27-28,30-33H,4,10H2,1-3H3/t19-,22-,23+,24-,27+/m1/s1. The molecular weight excluding hydrogens is 516 g/mol. The highest BCUT2D eigenvalue weighted by atomic mass is 16.7. The zero-order valence-corrected chi connectivity index (χ0v) is 21.3. The molecule has 0 radical (unpaired) electrons. The number of hydrogen-bond donors (Lipinski definition) is 5. The van der Waals surface area contributed by atoms with Crippen LogP contribution in [0.5, 0.6) is 23.0 Å². The third-order valence-electron chi connectivity index (χ3n) is 6.69. The van der Waals surface area contributed by atoms with Gasteiger partial charge in [0.25, 0.3) is 0 Å². The van der Waals surface area contributed by atoms with Crippen molar-refractivity contribution in [1.29, 1.82) is 0 Å². The Morgan fingerprint density at radius 1 is 0.897 bits per heavy atom. The van der Waals surface area contributed by atoms with Gasteiger partial charge in [-0.25, -0.2) is 0 Å².